The number of nitrogens with zero attached hydrogens (tertiary/aromatic N) is 2. The lowest BCUT2D eigenvalue weighted by molar-refractivity contribution is 0.0257. The summed E-state index contributed by atoms with van der Waals surface area (Å²) >= 11 is 0. The van der Waals surface area contributed by atoms with Crippen molar-refractivity contribution in [1.82, 2.24) is 9.47 Å². The van der Waals surface area contributed by atoms with Gasteiger partial charge in [-0.15, -0.1) is 0 Å². The van der Waals surface area contributed by atoms with Crippen LogP contribution in [0.2, 0.25) is 0 Å². The molecule has 1 aliphatic rings. The van der Waals surface area contributed by atoms with Gasteiger partial charge in [0.05, 0.1) is 0 Å². The Bertz CT molecular complexity index is 1450. The molecule has 0 radical (unpaired) electrons. The highest BCUT2D eigenvalue weighted by molar-refractivity contribution is 5.84. The number of rotatable bonds is 4. The van der Waals surface area contributed by atoms with Crippen molar-refractivity contribution in [2.45, 2.75) is 45.8 Å². The first-order valence-corrected chi connectivity index (χ1v) is 12.2. The Morgan fingerprint density at radius 2 is 1.78 bits per heavy atom. The highest BCUT2D eigenvalue weighted by Gasteiger charge is 2.26. The topological polar surface area (TPSA) is 73.9 Å². The molecule has 7 nitrogen and oxygen atoms in total. The van der Waals surface area contributed by atoms with Gasteiger partial charge in [0.15, 0.2) is 0 Å². The Labute approximate surface area is 209 Å². The minimum Gasteiger partial charge on any atom is -0.489 e. The summed E-state index contributed by atoms with van der Waals surface area (Å²) in [5, 5.41) is 0.963. The van der Waals surface area contributed by atoms with Gasteiger partial charge in [0.1, 0.15) is 29.3 Å². The lowest BCUT2D eigenvalue weighted by atomic mass is 10.1. The fraction of sp³-hybridized carbons (Fsp3) is 0.310. The SMILES string of the molecule is CC(C)(C)OC(=O)N1CCc2oc3ccc(-n4ccc(OCc5ccccc5)cc4=O)cc3c2CC1. The molecule has 4 aromatic rings. The summed E-state index contributed by atoms with van der Waals surface area (Å²) in [6.07, 6.45) is 2.70. The summed E-state index contributed by atoms with van der Waals surface area (Å²) in [5.74, 6) is 1.41. The van der Waals surface area contributed by atoms with Crippen molar-refractivity contribution in [2.75, 3.05) is 13.1 Å². The van der Waals surface area contributed by atoms with Crippen molar-refractivity contribution in [3.8, 4) is 11.4 Å². The van der Waals surface area contributed by atoms with Gasteiger partial charge in [-0.25, -0.2) is 4.79 Å². The number of carbonyl (C=O) groups excluding carboxylic acids is 1. The average Bonchev–Trinajstić information content (AvgIpc) is 3.04. The summed E-state index contributed by atoms with van der Waals surface area (Å²) in [7, 11) is 0. The van der Waals surface area contributed by atoms with Gasteiger partial charge in [-0.1, -0.05) is 30.3 Å². The highest BCUT2D eigenvalue weighted by Crippen LogP contribution is 2.31. The Hall–Kier alpha value is -4.00. The Morgan fingerprint density at radius 3 is 2.53 bits per heavy atom. The number of carbonyl (C=O) groups is 1. The molecule has 1 amide bonds. The van der Waals surface area contributed by atoms with Crippen LogP contribution in [0.15, 0.2) is 76.1 Å². The van der Waals surface area contributed by atoms with E-state index in [1.165, 1.54) is 6.07 Å². The molecule has 0 N–H and O–H groups in total. The predicted octanol–water partition coefficient (Wildman–Crippen LogP) is 5.50. The number of hydrogen-bond acceptors (Lipinski definition) is 5. The van der Waals surface area contributed by atoms with Crippen LogP contribution in [0.5, 0.6) is 5.75 Å². The average molecular weight is 487 g/mol. The molecule has 2 aromatic heterocycles. The van der Waals surface area contributed by atoms with Crippen LogP contribution in [0.1, 0.15) is 37.7 Å². The van der Waals surface area contributed by atoms with Crippen LogP contribution < -0.4 is 10.3 Å². The molecule has 0 spiro atoms. The van der Waals surface area contributed by atoms with Crippen LogP contribution in [-0.4, -0.2) is 34.3 Å². The predicted molar refractivity (Wildman–Crippen MR) is 138 cm³/mol. The molecule has 3 heterocycles. The summed E-state index contributed by atoms with van der Waals surface area (Å²) in [4.78, 5) is 27.2. The zero-order chi connectivity index (χ0) is 25.3. The number of furan rings is 1. The van der Waals surface area contributed by atoms with E-state index in [9.17, 15) is 9.59 Å². The van der Waals surface area contributed by atoms with E-state index in [2.05, 4.69) is 0 Å². The molecule has 0 atom stereocenters. The number of aromatic nitrogens is 1. The van der Waals surface area contributed by atoms with Crippen LogP contribution in [0.25, 0.3) is 16.7 Å². The Kier molecular flexibility index (Phi) is 6.31. The van der Waals surface area contributed by atoms with E-state index < -0.39 is 5.60 Å². The van der Waals surface area contributed by atoms with E-state index in [0.29, 0.717) is 38.3 Å². The zero-order valence-electron chi connectivity index (χ0n) is 20.8. The number of pyridine rings is 1. The van der Waals surface area contributed by atoms with E-state index in [1.54, 1.807) is 21.7 Å². The monoisotopic (exact) mass is 486 g/mol. The number of fused-ring (bicyclic) bond motifs is 3. The molecule has 7 heteroatoms. The number of amides is 1. The smallest absolute Gasteiger partial charge is 0.410 e. The Morgan fingerprint density at radius 1 is 1.00 bits per heavy atom. The third-order valence-corrected chi connectivity index (χ3v) is 6.17. The molecule has 0 aliphatic carbocycles. The molecule has 2 aromatic carbocycles. The van der Waals surface area contributed by atoms with Gasteiger partial charge >= 0.3 is 6.09 Å². The van der Waals surface area contributed by atoms with Crippen LogP contribution in [-0.2, 0) is 24.2 Å². The summed E-state index contributed by atoms with van der Waals surface area (Å²) in [6, 6.07) is 18.9. The third kappa shape index (κ3) is 5.15. The van der Waals surface area contributed by atoms with Gasteiger partial charge in [0, 0.05) is 48.4 Å². The van der Waals surface area contributed by atoms with Crippen LogP contribution in [0.3, 0.4) is 0 Å². The maximum atomic E-state index is 12.9. The minimum absolute atomic E-state index is 0.175. The van der Waals surface area contributed by atoms with Crippen molar-refractivity contribution in [1.29, 1.82) is 0 Å². The fourth-order valence-electron chi connectivity index (χ4n) is 4.42. The van der Waals surface area contributed by atoms with Crippen molar-refractivity contribution in [2.24, 2.45) is 0 Å². The van der Waals surface area contributed by atoms with Crippen LogP contribution in [0, 0.1) is 0 Å². The molecule has 0 bridgehead atoms. The molecular formula is C29H30N2O5. The van der Waals surface area contributed by atoms with Gasteiger partial charge in [-0.05, 0) is 57.0 Å². The molecule has 0 saturated carbocycles. The molecule has 186 valence electrons. The third-order valence-electron chi connectivity index (χ3n) is 6.17. The summed E-state index contributed by atoms with van der Waals surface area (Å²) in [5.41, 5.74) is 2.94. The van der Waals surface area contributed by atoms with E-state index in [1.807, 2.05) is 69.3 Å². The molecule has 36 heavy (non-hydrogen) atoms. The second-order valence-electron chi connectivity index (χ2n) is 10.00. The van der Waals surface area contributed by atoms with Gasteiger partial charge < -0.3 is 18.8 Å². The molecule has 1 aliphatic heterocycles. The van der Waals surface area contributed by atoms with E-state index in [0.717, 1.165) is 33.5 Å². The van der Waals surface area contributed by atoms with Crippen LogP contribution in [0.4, 0.5) is 4.79 Å². The second kappa shape index (κ2) is 9.57. The normalized spacial score (nSPS) is 13.8. The van der Waals surface area contributed by atoms with Gasteiger partial charge in [0.2, 0.25) is 0 Å². The second-order valence-corrected chi connectivity index (χ2v) is 10.00. The van der Waals surface area contributed by atoms with E-state index in [-0.39, 0.29) is 11.7 Å². The lowest BCUT2D eigenvalue weighted by Crippen LogP contribution is -2.38. The van der Waals surface area contributed by atoms with Crippen molar-refractivity contribution >= 4 is 17.1 Å². The molecule has 0 unspecified atom stereocenters. The maximum absolute atomic E-state index is 12.9. The van der Waals surface area contributed by atoms with Crippen molar-refractivity contribution in [3.05, 3.63) is 94.1 Å². The first-order valence-electron chi connectivity index (χ1n) is 12.2. The van der Waals surface area contributed by atoms with E-state index in [4.69, 9.17) is 13.9 Å². The van der Waals surface area contributed by atoms with Crippen molar-refractivity contribution in [3.63, 3.8) is 0 Å². The van der Waals surface area contributed by atoms with Crippen LogP contribution >= 0.6 is 0 Å². The first kappa shape index (κ1) is 23.7. The maximum Gasteiger partial charge on any atom is 0.410 e. The lowest BCUT2D eigenvalue weighted by Gasteiger charge is -2.26. The summed E-state index contributed by atoms with van der Waals surface area (Å²) in [6.45, 7) is 7.09. The minimum atomic E-state index is -0.535. The number of benzene rings is 2. The molecule has 5 rings (SSSR count). The first-order chi connectivity index (χ1) is 17.3. The van der Waals surface area contributed by atoms with Gasteiger partial charge in [-0.3, -0.25) is 9.36 Å². The van der Waals surface area contributed by atoms with Gasteiger partial charge in [0.25, 0.3) is 5.56 Å². The quantitative estimate of drug-likeness (QED) is 0.381. The number of ether oxygens (including phenoxy) is 2. The molecular weight excluding hydrogens is 456 g/mol. The van der Waals surface area contributed by atoms with Gasteiger partial charge in [-0.2, -0.15) is 0 Å². The highest BCUT2D eigenvalue weighted by atomic mass is 16.6. The summed E-state index contributed by atoms with van der Waals surface area (Å²) < 4.78 is 19.1. The Balaban J connectivity index is 1.35. The fourth-order valence-corrected chi connectivity index (χ4v) is 4.42. The number of hydrogen-bond donors (Lipinski definition) is 0. The zero-order valence-corrected chi connectivity index (χ0v) is 20.8. The van der Waals surface area contributed by atoms with Crippen molar-refractivity contribution < 1.29 is 18.7 Å². The molecule has 0 saturated heterocycles. The van der Waals surface area contributed by atoms with E-state index >= 15 is 0 Å². The standard InChI is InChI=1S/C29H30N2O5/c1-29(2,3)36-28(33)30-14-12-23-24-17-21(9-10-25(24)35-26(23)13-15-30)31-16-11-22(18-27(31)32)34-19-20-7-5-4-6-8-20/h4-11,16-18H,12-15,19H2,1-3H3. The molecule has 0 fully saturated rings. The largest absolute Gasteiger partial charge is 0.489 e.